The Kier molecular flexibility index (Phi) is 5.34. The molecule has 2 aromatic rings. The van der Waals surface area contributed by atoms with Gasteiger partial charge in [-0.25, -0.2) is 4.39 Å². The summed E-state index contributed by atoms with van der Waals surface area (Å²) in [4.78, 5) is 14.3. The molecule has 1 fully saturated rings. The van der Waals surface area contributed by atoms with E-state index < -0.39 is 0 Å². The number of hydrogen-bond acceptors (Lipinski definition) is 2. The second-order valence-corrected chi connectivity index (χ2v) is 7.02. The zero-order valence-electron chi connectivity index (χ0n) is 13.0. The van der Waals surface area contributed by atoms with Crippen LogP contribution in [-0.2, 0) is 11.2 Å². The first kappa shape index (κ1) is 16.1. The van der Waals surface area contributed by atoms with Gasteiger partial charge in [0.05, 0.1) is 6.42 Å². The average Bonchev–Trinajstić information content (AvgIpc) is 2.84. The maximum absolute atomic E-state index is 13.7. The summed E-state index contributed by atoms with van der Waals surface area (Å²) in [6.07, 6.45) is 1.09. The van der Waals surface area contributed by atoms with Crippen molar-refractivity contribution in [2.24, 2.45) is 0 Å². The molecule has 1 aliphatic rings. The first-order valence-corrected chi connectivity index (χ1v) is 8.96. The third kappa shape index (κ3) is 4.14. The summed E-state index contributed by atoms with van der Waals surface area (Å²) >= 11 is 1.90. The number of hydrogen-bond donors (Lipinski definition) is 0. The molecule has 23 heavy (non-hydrogen) atoms. The largest absolute Gasteiger partial charge is 0.342 e. The van der Waals surface area contributed by atoms with Crippen molar-refractivity contribution >= 4 is 17.7 Å². The highest BCUT2D eigenvalue weighted by Gasteiger charge is 2.22. The van der Waals surface area contributed by atoms with Crippen LogP contribution >= 0.6 is 11.8 Å². The molecule has 4 heteroatoms. The SMILES string of the molecule is O=C(Cc1ccccc1F)N1CCSC(c2ccccc2)CC1. The Morgan fingerprint density at radius 2 is 1.83 bits per heavy atom. The van der Waals surface area contributed by atoms with Crippen LogP contribution in [0.2, 0.25) is 0 Å². The van der Waals surface area contributed by atoms with Gasteiger partial charge < -0.3 is 4.90 Å². The van der Waals surface area contributed by atoms with Crippen LogP contribution in [0, 0.1) is 5.82 Å². The van der Waals surface area contributed by atoms with Gasteiger partial charge in [0.2, 0.25) is 5.91 Å². The second-order valence-electron chi connectivity index (χ2n) is 5.71. The average molecular weight is 329 g/mol. The van der Waals surface area contributed by atoms with Crippen molar-refractivity contribution in [3.63, 3.8) is 0 Å². The van der Waals surface area contributed by atoms with E-state index in [1.807, 2.05) is 22.7 Å². The molecule has 3 rings (SSSR count). The molecule has 1 heterocycles. The van der Waals surface area contributed by atoms with E-state index >= 15 is 0 Å². The van der Waals surface area contributed by atoms with Crippen molar-refractivity contribution in [2.45, 2.75) is 18.1 Å². The van der Waals surface area contributed by atoms with E-state index in [-0.39, 0.29) is 18.1 Å². The van der Waals surface area contributed by atoms with Gasteiger partial charge in [-0.05, 0) is 23.6 Å². The number of halogens is 1. The zero-order chi connectivity index (χ0) is 16.1. The molecule has 0 saturated carbocycles. The normalized spacial score (nSPS) is 18.5. The number of thioether (sulfide) groups is 1. The van der Waals surface area contributed by atoms with Gasteiger partial charge in [0.15, 0.2) is 0 Å². The fourth-order valence-electron chi connectivity index (χ4n) is 2.87. The highest BCUT2D eigenvalue weighted by Crippen LogP contribution is 2.34. The fraction of sp³-hybridized carbons (Fsp3) is 0.316. The molecule has 1 atom stereocenters. The Labute approximate surface area is 140 Å². The molecule has 1 amide bonds. The van der Waals surface area contributed by atoms with E-state index in [4.69, 9.17) is 0 Å². The topological polar surface area (TPSA) is 20.3 Å². The molecule has 1 aliphatic heterocycles. The number of nitrogens with zero attached hydrogens (tertiary/aromatic N) is 1. The maximum Gasteiger partial charge on any atom is 0.227 e. The molecule has 2 nitrogen and oxygen atoms in total. The quantitative estimate of drug-likeness (QED) is 0.846. The Hall–Kier alpha value is -1.81. The van der Waals surface area contributed by atoms with Crippen LogP contribution in [0.1, 0.15) is 22.8 Å². The molecule has 120 valence electrons. The molecular formula is C19H20FNOS. The lowest BCUT2D eigenvalue weighted by Crippen LogP contribution is -2.34. The zero-order valence-corrected chi connectivity index (χ0v) is 13.8. The van der Waals surface area contributed by atoms with Crippen molar-refractivity contribution in [2.75, 3.05) is 18.8 Å². The van der Waals surface area contributed by atoms with Crippen LogP contribution < -0.4 is 0 Å². The van der Waals surface area contributed by atoms with E-state index in [9.17, 15) is 9.18 Å². The summed E-state index contributed by atoms with van der Waals surface area (Å²) in [5.74, 6) is 0.638. The van der Waals surface area contributed by atoms with Crippen molar-refractivity contribution in [3.8, 4) is 0 Å². The van der Waals surface area contributed by atoms with Crippen LogP contribution in [0.4, 0.5) is 4.39 Å². The van der Waals surface area contributed by atoms with E-state index in [1.54, 1.807) is 18.2 Å². The first-order chi connectivity index (χ1) is 11.2. The number of benzene rings is 2. The molecule has 0 bridgehead atoms. The summed E-state index contributed by atoms with van der Waals surface area (Å²) in [6.45, 7) is 1.47. The summed E-state index contributed by atoms with van der Waals surface area (Å²) in [6, 6.07) is 17.0. The van der Waals surface area contributed by atoms with Crippen molar-refractivity contribution in [3.05, 3.63) is 71.5 Å². The second kappa shape index (κ2) is 7.64. The Balaban J connectivity index is 1.61. The van der Waals surface area contributed by atoms with Gasteiger partial charge in [-0.3, -0.25) is 4.79 Å². The van der Waals surface area contributed by atoms with E-state index in [2.05, 4.69) is 24.3 Å². The lowest BCUT2D eigenvalue weighted by atomic mass is 10.1. The van der Waals surface area contributed by atoms with Gasteiger partial charge in [0.1, 0.15) is 5.82 Å². The molecule has 1 saturated heterocycles. The fourth-order valence-corrected chi connectivity index (χ4v) is 4.10. The molecule has 0 aliphatic carbocycles. The summed E-state index contributed by atoms with van der Waals surface area (Å²) in [5.41, 5.74) is 1.80. The molecule has 0 aromatic heterocycles. The molecule has 1 unspecified atom stereocenters. The third-order valence-corrected chi connectivity index (χ3v) is 5.49. The standard InChI is InChI=1S/C19H20FNOS/c20-17-9-5-4-8-16(17)14-19(22)21-11-10-18(23-13-12-21)15-6-2-1-3-7-15/h1-9,18H,10-14H2. The van der Waals surface area contributed by atoms with Crippen LogP contribution in [0.5, 0.6) is 0 Å². The predicted octanol–water partition coefficient (Wildman–Crippen LogP) is 4.08. The highest BCUT2D eigenvalue weighted by atomic mass is 32.2. The Morgan fingerprint density at radius 3 is 2.61 bits per heavy atom. The predicted molar refractivity (Wildman–Crippen MR) is 92.9 cm³/mol. The highest BCUT2D eigenvalue weighted by molar-refractivity contribution is 7.99. The number of carbonyl (C=O) groups is 1. The number of rotatable bonds is 3. The molecule has 0 spiro atoms. The van der Waals surface area contributed by atoms with Crippen LogP contribution in [0.25, 0.3) is 0 Å². The minimum absolute atomic E-state index is 0.0180. The monoisotopic (exact) mass is 329 g/mol. The minimum Gasteiger partial charge on any atom is -0.342 e. The van der Waals surface area contributed by atoms with Crippen molar-refractivity contribution in [1.29, 1.82) is 0 Å². The van der Waals surface area contributed by atoms with Gasteiger partial charge >= 0.3 is 0 Å². The van der Waals surface area contributed by atoms with E-state index in [1.165, 1.54) is 11.6 Å². The van der Waals surface area contributed by atoms with Crippen LogP contribution in [-0.4, -0.2) is 29.6 Å². The van der Waals surface area contributed by atoms with Gasteiger partial charge in [-0.1, -0.05) is 48.5 Å². The van der Waals surface area contributed by atoms with Gasteiger partial charge in [0, 0.05) is 24.1 Å². The number of carbonyl (C=O) groups excluding carboxylic acids is 1. The third-order valence-electron chi connectivity index (χ3n) is 4.17. The summed E-state index contributed by atoms with van der Waals surface area (Å²) in [5, 5.41) is 0.433. The first-order valence-electron chi connectivity index (χ1n) is 7.92. The van der Waals surface area contributed by atoms with E-state index in [0.29, 0.717) is 10.8 Å². The van der Waals surface area contributed by atoms with Gasteiger partial charge in [0.25, 0.3) is 0 Å². The Bertz CT molecular complexity index is 661. The minimum atomic E-state index is -0.299. The number of amides is 1. The Morgan fingerprint density at radius 1 is 1.09 bits per heavy atom. The maximum atomic E-state index is 13.7. The van der Waals surface area contributed by atoms with Crippen molar-refractivity contribution < 1.29 is 9.18 Å². The van der Waals surface area contributed by atoms with E-state index in [0.717, 1.165) is 25.3 Å². The van der Waals surface area contributed by atoms with Crippen LogP contribution in [0.3, 0.4) is 0 Å². The van der Waals surface area contributed by atoms with Crippen molar-refractivity contribution in [1.82, 2.24) is 4.90 Å². The molecular weight excluding hydrogens is 309 g/mol. The lowest BCUT2D eigenvalue weighted by molar-refractivity contribution is -0.130. The molecule has 2 aromatic carbocycles. The summed E-state index contributed by atoms with van der Waals surface area (Å²) in [7, 11) is 0. The molecule has 0 N–H and O–H groups in total. The summed E-state index contributed by atoms with van der Waals surface area (Å²) < 4.78 is 13.7. The smallest absolute Gasteiger partial charge is 0.227 e. The van der Waals surface area contributed by atoms with Gasteiger partial charge in [-0.2, -0.15) is 11.8 Å². The van der Waals surface area contributed by atoms with Crippen LogP contribution in [0.15, 0.2) is 54.6 Å². The van der Waals surface area contributed by atoms with Gasteiger partial charge in [-0.15, -0.1) is 0 Å². The lowest BCUT2D eigenvalue weighted by Gasteiger charge is -2.20. The molecule has 0 radical (unpaired) electrons.